The fraction of sp³-hybridized carbons (Fsp3) is 0.161. The summed E-state index contributed by atoms with van der Waals surface area (Å²) in [5.74, 6) is -1.05. The van der Waals surface area contributed by atoms with Crippen LogP contribution in [0.3, 0.4) is 0 Å². The molecule has 10 aromatic carbocycles. The Kier molecular flexibility index (Phi) is 29.5. The molecule has 4 aromatic heterocycles. The van der Waals surface area contributed by atoms with E-state index in [1.165, 1.54) is 90.6 Å². The van der Waals surface area contributed by atoms with Gasteiger partial charge < -0.3 is 9.84 Å². The number of carboxylic acids is 1. The van der Waals surface area contributed by atoms with E-state index >= 15 is 0 Å². The first-order chi connectivity index (χ1) is 60.4. The Morgan fingerprint density at radius 2 is 0.816 bits per heavy atom. The minimum atomic E-state index is -0.831. The molecular formula is C87H68ClF3N16O14S4. The lowest BCUT2D eigenvalue weighted by Gasteiger charge is -2.30. The van der Waals surface area contributed by atoms with Gasteiger partial charge in [0.05, 0.1) is 125 Å². The molecule has 125 heavy (non-hydrogen) atoms. The number of rotatable bonds is 18. The van der Waals surface area contributed by atoms with Crippen molar-refractivity contribution >= 4 is 179 Å². The van der Waals surface area contributed by atoms with Gasteiger partial charge in [0.25, 0.3) is 35.4 Å². The number of hydrogen-bond acceptors (Lipinski definition) is 27. The number of hydrazone groups is 1. The maximum Gasteiger partial charge on any atom is 0.307 e. The van der Waals surface area contributed by atoms with Gasteiger partial charge in [0.1, 0.15) is 61.6 Å². The maximum absolute atomic E-state index is 13.4. The van der Waals surface area contributed by atoms with E-state index in [1.54, 1.807) is 127 Å². The van der Waals surface area contributed by atoms with Gasteiger partial charge in [0.2, 0.25) is 17.7 Å². The molecule has 5 aliphatic rings. The molecule has 632 valence electrons. The number of benzene rings is 10. The Hall–Kier alpha value is -14.2. The summed E-state index contributed by atoms with van der Waals surface area (Å²) in [7, 11) is 0. The molecule has 0 aliphatic carbocycles. The number of halogens is 4. The van der Waals surface area contributed by atoms with Crippen LogP contribution in [-0.4, -0.2) is 174 Å². The smallest absolute Gasteiger partial charge is 0.307 e. The monoisotopic (exact) mass is 1780 g/mol. The molecule has 9 heterocycles. The first-order valence-electron chi connectivity index (χ1n) is 38.1. The highest BCUT2D eigenvalue weighted by molar-refractivity contribution is 7.00. The van der Waals surface area contributed by atoms with Gasteiger partial charge in [-0.3, -0.25) is 63.0 Å². The Bertz CT molecular complexity index is 6360. The fourth-order valence-corrected chi connectivity index (χ4v) is 15.1. The van der Waals surface area contributed by atoms with E-state index in [-0.39, 0.29) is 95.6 Å². The van der Waals surface area contributed by atoms with Crippen molar-refractivity contribution in [2.45, 2.75) is 57.8 Å². The zero-order chi connectivity index (χ0) is 88.2. The molecule has 0 radical (unpaired) electrons. The molecular weight excluding hydrogens is 1710 g/mol. The van der Waals surface area contributed by atoms with Crippen LogP contribution >= 0.6 is 58.5 Å². The molecule has 14 aromatic rings. The van der Waals surface area contributed by atoms with Crippen molar-refractivity contribution < 1.29 is 80.5 Å². The number of Topliss-reactive ketones (excluding diaryl/α,β-unsaturated/α-hetero) is 2. The van der Waals surface area contributed by atoms with Crippen LogP contribution in [0.25, 0.3) is 44.1 Å². The van der Waals surface area contributed by atoms with Gasteiger partial charge in [-0.1, -0.05) is 72.8 Å². The number of fused-ring (bicyclic) bond motifs is 7. The molecule has 0 unspecified atom stereocenters. The second kappa shape index (κ2) is 41.6. The number of ketones is 2. The highest BCUT2D eigenvalue weighted by atomic mass is 35.5. The topological polar surface area (TPSA) is 404 Å². The van der Waals surface area contributed by atoms with E-state index in [0.29, 0.717) is 69.1 Å². The number of hydrazine groups is 3. The highest BCUT2D eigenvalue weighted by Crippen LogP contribution is 2.29. The normalized spacial score (nSPS) is 13.3. The number of amides is 9. The van der Waals surface area contributed by atoms with Crippen LogP contribution in [0.1, 0.15) is 143 Å². The molecule has 38 heteroatoms. The maximum atomic E-state index is 13.4. The van der Waals surface area contributed by atoms with Crippen molar-refractivity contribution in [1.82, 2.24) is 65.5 Å². The number of nitrogens with two attached hydrogens (primary N) is 1. The molecule has 0 bridgehead atoms. The largest absolute Gasteiger partial charge is 0.481 e. The number of nitrogens with one attached hydrogen (secondary N) is 1. The average molecular weight is 1780 g/mol. The summed E-state index contributed by atoms with van der Waals surface area (Å²) in [6, 6.07) is 57.5. The van der Waals surface area contributed by atoms with E-state index in [9.17, 15) is 70.7 Å². The summed E-state index contributed by atoms with van der Waals surface area (Å²) in [5.41, 5.74) is 15.6. The lowest BCUT2D eigenvalue weighted by molar-refractivity contribution is -0.140. The number of ether oxygens (including phenoxy) is 1. The van der Waals surface area contributed by atoms with Crippen molar-refractivity contribution in [3.05, 3.63) is 308 Å². The molecule has 1 fully saturated rings. The fourth-order valence-electron chi connectivity index (χ4n) is 12.9. The third-order valence-corrected chi connectivity index (χ3v) is 21.6. The van der Waals surface area contributed by atoms with E-state index < -0.39 is 59.0 Å². The lowest BCUT2D eigenvalue weighted by atomic mass is 10.1. The molecule has 5 aliphatic heterocycles. The van der Waals surface area contributed by atoms with Crippen LogP contribution in [0.5, 0.6) is 0 Å². The number of carbonyl (C=O) groups is 12. The van der Waals surface area contributed by atoms with Gasteiger partial charge in [-0.2, -0.15) is 50.1 Å². The summed E-state index contributed by atoms with van der Waals surface area (Å²) in [4.78, 5) is 145. The Morgan fingerprint density at radius 1 is 0.448 bits per heavy atom. The molecule has 0 atom stereocenters. The van der Waals surface area contributed by atoms with E-state index in [4.69, 9.17) is 27.3 Å². The number of nitrogens with zero attached hydrogens (tertiary/aromatic N) is 14. The van der Waals surface area contributed by atoms with Crippen LogP contribution in [0.15, 0.2) is 223 Å². The molecule has 30 nitrogen and oxygen atoms in total. The van der Waals surface area contributed by atoms with Crippen LogP contribution in [0, 0.1) is 17.5 Å². The summed E-state index contributed by atoms with van der Waals surface area (Å²) >= 11 is 9.84. The van der Waals surface area contributed by atoms with Crippen molar-refractivity contribution in [3.63, 3.8) is 0 Å². The van der Waals surface area contributed by atoms with Crippen LogP contribution in [0.2, 0.25) is 0 Å². The van der Waals surface area contributed by atoms with E-state index in [0.717, 1.165) is 131 Å². The summed E-state index contributed by atoms with van der Waals surface area (Å²) < 4.78 is 76.5. The average Bonchev–Trinajstić information content (AvgIpc) is 1.61. The first-order valence-corrected chi connectivity index (χ1v) is 41.6. The van der Waals surface area contributed by atoms with E-state index in [2.05, 4.69) is 45.5 Å². The van der Waals surface area contributed by atoms with Crippen LogP contribution in [0.4, 0.5) is 13.2 Å². The number of aromatic nitrogens is 8. The van der Waals surface area contributed by atoms with Gasteiger partial charge >= 0.3 is 5.97 Å². The predicted octanol–water partition coefficient (Wildman–Crippen LogP) is 13.2. The van der Waals surface area contributed by atoms with Crippen molar-refractivity contribution in [3.8, 4) is 0 Å². The third kappa shape index (κ3) is 22.4. The zero-order valence-corrected chi connectivity index (χ0v) is 69.4. The molecule has 4 N–H and O–H groups in total. The highest BCUT2D eigenvalue weighted by Gasteiger charge is 2.42. The van der Waals surface area contributed by atoms with Crippen molar-refractivity contribution in [1.29, 1.82) is 0 Å². The second-order valence-corrected chi connectivity index (χ2v) is 30.2. The lowest BCUT2D eigenvalue weighted by Crippen LogP contribution is -2.51. The number of carboxylic acid groups (broad SMARTS) is 1. The van der Waals surface area contributed by atoms with Gasteiger partial charge in [-0.05, 0) is 186 Å². The third-order valence-electron chi connectivity index (χ3n) is 19.2. The Balaban J connectivity index is 0.000000133. The summed E-state index contributed by atoms with van der Waals surface area (Å²) in [6.45, 7) is 2.34. The molecule has 0 spiro atoms. The quantitative estimate of drug-likeness (QED) is 0.0236. The Morgan fingerprint density at radius 3 is 1.22 bits per heavy atom. The summed E-state index contributed by atoms with van der Waals surface area (Å²) in [6.07, 6.45) is 3.58. The number of aliphatic carboxylic acids is 1. The summed E-state index contributed by atoms with van der Waals surface area (Å²) in [5, 5.41) is 17.6. The standard InChI is InChI=1S/C25H17FN4O4S.C17H13FN4OS.C16H10N4O3S.C9H8ClFO.C8H6N2O2S.C8H6N2O2.C4H8O/c26-17-8-6-16(7-9-17)22(31)11-12-29(30-24(33)18-3-1-2-4-19(18)25(30)34)23(32)14-15-5-10-20-21(13-15)28-35-27-20;18-13-4-2-12(3-5-13)14-7-8-22(19-14)17(23)10-11-1-6-15-16(9-11)21-24-20-15;21-14(8-9-5-6-12-13(7-9)19-24-18-12)17-20-15(22)10-3-1-2-4-11(10)16(20)23;10-6-5-9(12)7-1-3-8(11)4-2-7;11-8(12)4-5-1-2-6-7(3-5)10-13-9-6;9-10-7(11)5-3-1-2-4-6(5)8(10)12;1-2-4-5-3-1/h1-10,13H,11-12,14H2;1-6,9H,7-8,10H2;1-7H,8H2,(H,17,21);1-4H,5-6H2;1-3H,4H2,(H,11,12);1-4H,9H2;1-4H2. The van der Waals surface area contributed by atoms with Gasteiger partial charge in [0, 0.05) is 49.5 Å². The molecule has 9 amide bonds. The second-order valence-electron chi connectivity index (χ2n) is 27.7. The van der Waals surface area contributed by atoms with Crippen LogP contribution in [-0.2, 0) is 49.6 Å². The molecule has 19 rings (SSSR count). The molecule has 0 saturated carbocycles. The van der Waals surface area contributed by atoms with Gasteiger partial charge in [-0.15, -0.1) is 11.6 Å². The minimum Gasteiger partial charge on any atom is -0.481 e. The number of imide groups is 3. The number of carbonyl (C=O) groups excluding carboxylic acids is 11. The van der Waals surface area contributed by atoms with Gasteiger partial charge in [0.15, 0.2) is 11.6 Å². The SMILES string of the molecule is C1CCOC1.NN1C(=O)c2ccccc2C1=O.O=C(CCCl)c1ccc(F)cc1.O=C(CCN(C(=O)Cc1ccc2nsnc2c1)N1C(=O)c2ccccc2C1=O)c1ccc(F)cc1.O=C(Cc1ccc2nsnc2c1)N1CCC(c2ccc(F)cc2)=N1.O=C(Cc1ccc2nsnc2c1)NN1C(=O)c2ccccc2C1=O.O=C(O)Cc1ccc2nsnc2c1. The minimum absolute atomic E-state index is 0.0286. The number of alkyl halides is 1. The molecule has 1 saturated heterocycles. The van der Waals surface area contributed by atoms with Crippen molar-refractivity contribution in [2.24, 2.45) is 10.9 Å². The van der Waals surface area contributed by atoms with Crippen LogP contribution < -0.4 is 11.3 Å². The van der Waals surface area contributed by atoms with E-state index in [1.807, 2.05) is 18.2 Å². The van der Waals surface area contributed by atoms with Gasteiger partial charge in [-0.25, -0.2) is 34.0 Å². The number of hydrogen-bond donors (Lipinski definition) is 3. The predicted molar refractivity (Wildman–Crippen MR) is 458 cm³/mol. The Labute approximate surface area is 729 Å². The zero-order valence-electron chi connectivity index (χ0n) is 65.4. The first kappa shape index (κ1) is 88.6. The van der Waals surface area contributed by atoms with Crippen molar-refractivity contribution in [2.75, 3.05) is 32.2 Å².